The minimum atomic E-state index is -0.181. The number of ether oxygens (including phenoxy) is 1. The van der Waals surface area contributed by atoms with Crippen LogP contribution in [0.2, 0.25) is 0 Å². The van der Waals surface area contributed by atoms with Gasteiger partial charge in [-0.05, 0) is 19.8 Å². The second-order valence-electron chi connectivity index (χ2n) is 5.21. The zero-order chi connectivity index (χ0) is 16.0. The third-order valence-corrected chi connectivity index (χ3v) is 4.46. The molecule has 0 aliphatic rings. The fraction of sp³-hybridized carbons (Fsp3) is 0.714. The predicted octanol–water partition coefficient (Wildman–Crippen LogP) is 1.97. The number of rotatable bonds is 8. The Kier molecular flexibility index (Phi) is 6.91. The van der Waals surface area contributed by atoms with Crippen LogP contribution in [0.4, 0.5) is 10.9 Å². The monoisotopic (exact) mass is 314 g/mol. The SMILES string of the molecule is CCOCC(NC(=O)c1sc(N(C)CC)nc1N)C(C)C. The van der Waals surface area contributed by atoms with Crippen molar-refractivity contribution >= 4 is 28.2 Å². The molecule has 1 aromatic rings. The molecule has 0 fully saturated rings. The van der Waals surface area contributed by atoms with E-state index < -0.39 is 0 Å². The van der Waals surface area contributed by atoms with E-state index in [-0.39, 0.29) is 23.7 Å². The number of amides is 1. The first-order valence-corrected chi connectivity index (χ1v) is 8.08. The van der Waals surface area contributed by atoms with Crippen LogP contribution in [-0.4, -0.2) is 43.7 Å². The van der Waals surface area contributed by atoms with Crippen LogP contribution in [0.25, 0.3) is 0 Å². The highest BCUT2D eigenvalue weighted by Gasteiger charge is 2.22. The van der Waals surface area contributed by atoms with E-state index in [4.69, 9.17) is 10.5 Å². The highest BCUT2D eigenvalue weighted by atomic mass is 32.1. The molecule has 0 saturated heterocycles. The van der Waals surface area contributed by atoms with Gasteiger partial charge in [-0.2, -0.15) is 0 Å². The smallest absolute Gasteiger partial charge is 0.265 e. The summed E-state index contributed by atoms with van der Waals surface area (Å²) in [5.74, 6) is 0.387. The first-order chi connectivity index (χ1) is 9.90. The molecule has 1 unspecified atom stereocenters. The summed E-state index contributed by atoms with van der Waals surface area (Å²) in [5, 5.41) is 3.74. The molecule has 0 aromatic carbocycles. The van der Waals surface area contributed by atoms with Gasteiger partial charge in [0.05, 0.1) is 12.6 Å². The van der Waals surface area contributed by atoms with E-state index in [1.165, 1.54) is 11.3 Å². The van der Waals surface area contributed by atoms with E-state index in [1.54, 1.807) is 0 Å². The van der Waals surface area contributed by atoms with Crippen LogP contribution in [-0.2, 0) is 4.74 Å². The molecule has 0 aliphatic heterocycles. The Morgan fingerprint density at radius 2 is 2.14 bits per heavy atom. The van der Waals surface area contributed by atoms with Crippen LogP contribution in [0.1, 0.15) is 37.4 Å². The lowest BCUT2D eigenvalue weighted by Gasteiger charge is -2.21. The topological polar surface area (TPSA) is 80.5 Å². The Morgan fingerprint density at radius 3 is 2.67 bits per heavy atom. The minimum Gasteiger partial charge on any atom is -0.382 e. The molecule has 7 heteroatoms. The van der Waals surface area contributed by atoms with E-state index in [0.29, 0.717) is 18.1 Å². The van der Waals surface area contributed by atoms with E-state index in [1.807, 2.05) is 25.8 Å². The minimum absolute atomic E-state index is 0.0358. The number of nitrogens with two attached hydrogens (primary N) is 1. The summed E-state index contributed by atoms with van der Waals surface area (Å²) in [7, 11) is 1.92. The maximum absolute atomic E-state index is 12.4. The van der Waals surface area contributed by atoms with Gasteiger partial charge in [0.2, 0.25) is 0 Å². The first-order valence-electron chi connectivity index (χ1n) is 7.26. The molecule has 120 valence electrons. The van der Waals surface area contributed by atoms with E-state index >= 15 is 0 Å². The molecule has 1 heterocycles. The number of carbonyl (C=O) groups is 1. The number of carbonyl (C=O) groups excluding carboxylic acids is 1. The van der Waals surface area contributed by atoms with Gasteiger partial charge in [-0.3, -0.25) is 4.79 Å². The van der Waals surface area contributed by atoms with Gasteiger partial charge in [0.1, 0.15) is 10.7 Å². The molecule has 1 rings (SSSR count). The van der Waals surface area contributed by atoms with Crippen molar-refractivity contribution in [2.75, 3.05) is 37.4 Å². The Balaban J connectivity index is 2.80. The molecule has 1 atom stereocenters. The average molecular weight is 314 g/mol. The van der Waals surface area contributed by atoms with Crippen LogP contribution in [0.3, 0.4) is 0 Å². The number of thiazole rings is 1. The number of hydrogen-bond donors (Lipinski definition) is 2. The van der Waals surface area contributed by atoms with Gasteiger partial charge >= 0.3 is 0 Å². The molecule has 3 N–H and O–H groups in total. The molecule has 0 radical (unpaired) electrons. The van der Waals surface area contributed by atoms with Gasteiger partial charge < -0.3 is 20.7 Å². The summed E-state index contributed by atoms with van der Waals surface area (Å²) in [4.78, 5) is 19.0. The number of nitrogen functional groups attached to an aromatic ring is 1. The third kappa shape index (κ3) is 4.86. The fourth-order valence-electron chi connectivity index (χ4n) is 1.66. The van der Waals surface area contributed by atoms with Crippen molar-refractivity contribution in [3.8, 4) is 0 Å². The van der Waals surface area contributed by atoms with Gasteiger partial charge in [-0.25, -0.2) is 4.98 Å². The number of anilines is 2. The van der Waals surface area contributed by atoms with E-state index in [2.05, 4.69) is 24.1 Å². The van der Waals surface area contributed by atoms with Gasteiger partial charge in [-0.1, -0.05) is 25.2 Å². The van der Waals surface area contributed by atoms with E-state index in [9.17, 15) is 4.79 Å². The van der Waals surface area contributed by atoms with Crippen molar-refractivity contribution in [3.63, 3.8) is 0 Å². The van der Waals surface area contributed by atoms with Crippen molar-refractivity contribution in [3.05, 3.63) is 4.88 Å². The Morgan fingerprint density at radius 1 is 1.48 bits per heavy atom. The molecule has 0 bridgehead atoms. The molecular weight excluding hydrogens is 288 g/mol. The number of nitrogens with zero attached hydrogens (tertiary/aromatic N) is 2. The van der Waals surface area contributed by atoms with Crippen molar-refractivity contribution in [2.45, 2.75) is 33.7 Å². The quantitative estimate of drug-likeness (QED) is 0.767. The van der Waals surface area contributed by atoms with Gasteiger partial charge in [0.15, 0.2) is 5.13 Å². The van der Waals surface area contributed by atoms with Gasteiger partial charge in [0, 0.05) is 20.2 Å². The van der Waals surface area contributed by atoms with Crippen molar-refractivity contribution < 1.29 is 9.53 Å². The lowest BCUT2D eigenvalue weighted by molar-refractivity contribution is 0.0810. The lowest BCUT2D eigenvalue weighted by Crippen LogP contribution is -2.41. The third-order valence-electron chi connectivity index (χ3n) is 3.27. The summed E-state index contributed by atoms with van der Waals surface area (Å²) in [6.07, 6.45) is 0. The standard InChI is InChI=1S/C14H26N4O2S/c1-6-18(5)14-17-12(15)11(21-14)13(19)16-10(9(3)4)8-20-7-2/h9-10H,6-8,15H2,1-5H3,(H,16,19). The zero-order valence-corrected chi connectivity index (χ0v) is 14.3. The summed E-state index contributed by atoms with van der Waals surface area (Å²) >= 11 is 1.31. The summed E-state index contributed by atoms with van der Waals surface area (Å²) < 4.78 is 5.42. The number of aromatic nitrogens is 1. The van der Waals surface area contributed by atoms with Crippen LogP contribution >= 0.6 is 11.3 Å². The second-order valence-corrected chi connectivity index (χ2v) is 6.19. The molecule has 0 aliphatic carbocycles. The summed E-state index contributed by atoms with van der Waals surface area (Å²) in [5.41, 5.74) is 5.87. The van der Waals surface area contributed by atoms with Crippen molar-refractivity contribution in [1.29, 1.82) is 0 Å². The Bertz CT molecular complexity index is 462. The Labute approximate surface area is 130 Å². The van der Waals surface area contributed by atoms with Crippen LogP contribution < -0.4 is 16.0 Å². The van der Waals surface area contributed by atoms with Gasteiger partial charge in [0.25, 0.3) is 5.91 Å². The van der Waals surface area contributed by atoms with Gasteiger partial charge in [-0.15, -0.1) is 0 Å². The molecule has 1 amide bonds. The molecule has 6 nitrogen and oxygen atoms in total. The molecule has 0 saturated carbocycles. The lowest BCUT2D eigenvalue weighted by atomic mass is 10.1. The number of nitrogens with one attached hydrogen (secondary N) is 1. The largest absolute Gasteiger partial charge is 0.382 e. The van der Waals surface area contributed by atoms with E-state index in [0.717, 1.165) is 11.7 Å². The fourth-order valence-corrected chi connectivity index (χ4v) is 2.57. The molecule has 1 aromatic heterocycles. The molecule has 0 spiro atoms. The zero-order valence-electron chi connectivity index (χ0n) is 13.5. The first kappa shape index (κ1) is 17.7. The predicted molar refractivity (Wildman–Crippen MR) is 88.1 cm³/mol. The van der Waals surface area contributed by atoms with Crippen molar-refractivity contribution in [1.82, 2.24) is 10.3 Å². The molecule has 21 heavy (non-hydrogen) atoms. The maximum atomic E-state index is 12.4. The highest BCUT2D eigenvalue weighted by molar-refractivity contribution is 7.18. The average Bonchev–Trinajstić information content (AvgIpc) is 2.84. The van der Waals surface area contributed by atoms with Crippen molar-refractivity contribution in [2.24, 2.45) is 5.92 Å². The second kappa shape index (κ2) is 8.19. The highest BCUT2D eigenvalue weighted by Crippen LogP contribution is 2.27. The molecular formula is C14H26N4O2S. The maximum Gasteiger partial charge on any atom is 0.265 e. The summed E-state index contributed by atoms with van der Waals surface area (Å²) in [6.45, 7) is 10.0. The normalized spacial score (nSPS) is 12.5. The van der Waals surface area contributed by atoms with Crippen LogP contribution in [0.5, 0.6) is 0 Å². The number of hydrogen-bond acceptors (Lipinski definition) is 6. The Hall–Kier alpha value is -1.34. The van der Waals surface area contributed by atoms with Crippen LogP contribution in [0, 0.1) is 5.92 Å². The summed E-state index contributed by atoms with van der Waals surface area (Å²) in [6, 6.07) is -0.0358. The van der Waals surface area contributed by atoms with Crippen LogP contribution in [0.15, 0.2) is 0 Å².